The van der Waals surface area contributed by atoms with Gasteiger partial charge in [-0.25, -0.2) is 4.79 Å². The van der Waals surface area contributed by atoms with Gasteiger partial charge in [0, 0.05) is 11.8 Å². The van der Waals surface area contributed by atoms with E-state index in [1.165, 1.54) is 6.07 Å². The summed E-state index contributed by atoms with van der Waals surface area (Å²) >= 11 is 1.15. The Hall–Kier alpha value is -2.54. The van der Waals surface area contributed by atoms with Gasteiger partial charge in [0.25, 0.3) is 5.69 Å². The van der Waals surface area contributed by atoms with Crippen molar-refractivity contribution < 1.29 is 14.5 Å². The molecular weight excluding hydrogens is 328 g/mol. The van der Waals surface area contributed by atoms with Crippen molar-refractivity contribution in [2.75, 3.05) is 11.3 Å². The first-order valence-electron chi connectivity index (χ1n) is 7.41. The molecule has 24 heavy (non-hydrogen) atoms. The average molecular weight is 346 g/mol. The van der Waals surface area contributed by atoms with Crippen molar-refractivity contribution in [3.05, 3.63) is 64.2 Å². The smallest absolute Gasteiger partial charge is 0.338 e. The van der Waals surface area contributed by atoms with E-state index in [-0.39, 0.29) is 17.6 Å². The summed E-state index contributed by atoms with van der Waals surface area (Å²) in [5.74, 6) is -0.0745. The van der Waals surface area contributed by atoms with E-state index in [4.69, 9.17) is 4.74 Å². The molecule has 2 aromatic rings. The van der Waals surface area contributed by atoms with Crippen LogP contribution < -0.4 is 4.72 Å². The van der Waals surface area contributed by atoms with Crippen molar-refractivity contribution in [2.24, 2.45) is 5.92 Å². The molecule has 0 atom stereocenters. The lowest BCUT2D eigenvalue weighted by molar-refractivity contribution is -0.387. The van der Waals surface area contributed by atoms with Gasteiger partial charge >= 0.3 is 5.97 Å². The van der Waals surface area contributed by atoms with E-state index >= 15 is 0 Å². The van der Waals surface area contributed by atoms with Crippen LogP contribution in [0.2, 0.25) is 0 Å². The van der Waals surface area contributed by atoms with E-state index in [1.807, 2.05) is 13.8 Å². The van der Waals surface area contributed by atoms with E-state index in [1.54, 1.807) is 42.5 Å². The number of nitro benzene ring substituents is 1. The molecule has 126 valence electrons. The largest absolute Gasteiger partial charge is 0.462 e. The first kappa shape index (κ1) is 17.8. The number of nitrogens with zero attached hydrogens (tertiary/aromatic N) is 1. The molecule has 0 fully saturated rings. The van der Waals surface area contributed by atoms with Gasteiger partial charge in [-0.2, -0.15) is 0 Å². The summed E-state index contributed by atoms with van der Waals surface area (Å²) in [5.41, 5.74) is 1.25. The fourth-order valence-electron chi connectivity index (χ4n) is 1.81. The van der Waals surface area contributed by atoms with Gasteiger partial charge in [0.15, 0.2) is 0 Å². The fourth-order valence-corrected chi connectivity index (χ4v) is 2.57. The van der Waals surface area contributed by atoms with E-state index in [0.717, 1.165) is 17.6 Å². The number of para-hydroxylation sites is 1. The predicted octanol–water partition coefficient (Wildman–Crippen LogP) is 4.53. The molecule has 0 saturated heterocycles. The first-order chi connectivity index (χ1) is 11.5. The normalized spacial score (nSPS) is 10.5. The van der Waals surface area contributed by atoms with Crippen molar-refractivity contribution in [2.45, 2.75) is 18.7 Å². The van der Waals surface area contributed by atoms with Gasteiger partial charge in [0.2, 0.25) is 0 Å². The van der Waals surface area contributed by atoms with Crippen LogP contribution in [0.4, 0.5) is 11.4 Å². The summed E-state index contributed by atoms with van der Waals surface area (Å²) in [6.45, 7) is 4.33. The molecule has 7 heteroatoms. The monoisotopic (exact) mass is 346 g/mol. The number of rotatable bonds is 7. The highest BCUT2D eigenvalue weighted by atomic mass is 32.2. The summed E-state index contributed by atoms with van der Waals surface area (Å²) in [5, 5.41) is 11.0. The number of ether oxygens (including phenoxy) is 1. The van der Waals surface area contributed by atoms with E-state index < -0.39 is 4.92 Å². The Morgan fingerprint density at radius 3 is 2.50 bits per heavy atom. The molecule has 0 amide bonds. The summed E-state index contributed by atoms with van der Waals surface area (Å²) in [7, 11) is 0. The van der Waals surface area contributed by atoms with Crippen LogP contribution in [0.3, 0.4) is 0 Å². The number of benzene rings is 2. The van der Waals surface area contributed by atoms with E-state index in [9.17, 15) is 14.9 Å². The highest BCUT2D eigenvalue weighted by Gasteiger charge is 2.13. The summed E-state index contributed by atoms with van der Waals surface area (Å²) in [4.78, 5) is 22.9. The molecule has 0 unspecified atom stereocenters. The molecule has 0 heterocycles. The van der Waals surface area contributed by atoms with Crippen LogP contribution in [0.1, 0.15) is 24.2 Å². The van der Waals surface area contributed by atoms with Crippen molar-refractivity contribution in [1.29, 1.82) is 0 Å². The summed E-state index contributed by atoms with van der Waals surface area (Å²) < 4.78 is 8.19. The van der Waals surface area contributed by atoms with Gasteiger partial charge in [0.1, 0.15) is 4.90 Å². The molecule has 6 nitrogen and oxygen atoms in total. The number of hydrogen-bond acceptors (Lipinski definition) is 6. The second-order valence-corrected chi connectivity index (χ2v) is 6.35. The summed E-state index contributed by atoms with van der Waals surface area (Å²) in [6, 6.07) is 13.3. The zero-order valence-electron chi connectivity index (χ0n) is 13.4. The zero-order chi connectivity index (χ0) is 17.5. The van der Waals surface area contributed by atoms with Gasteiger partial charge in [-0.15, -0.1) is 0 Å². The third-order valence-corrected chi connectivity index (χ3v) is 3.91. The maximum atomic E-state index is 11.8. The average Bonchev–Trinajstić information content (AvgIpc) is 2.58. The molecule has 0 spiro atoms. The molecule has 0 aromatic heterocycles. The Bertz CT molecular complexity index is 717. The van der Waals surface area contributed by atoms with Crippen LogP contribution in [0.5, 0.6) is 0 Å². The highest BCUT2D eigenvalue weighted by molar-refractivity contribution is 8.00. The van der Waals surface area contributed by atoms with E-state index in [0.29, 0.717) is 17.1 Å². The Kier molecular flexibility index (Phi) is 6.20. The molecule has 0 radical (unpaired) electrons. The number of anilines is 1. The number of hydrogen-bond donors (Lipinski definition) is 1. The summed E-state index contributed by atoms with van der Waals surface area (Å²) in [6.07, 6.45) is 0. The first-order valence-corrected chi connectivity index (χ1v) is 8.22. The van der Waals surface area contributed by atoms with Crippen LogP contribution in [-0.4, -0.2) is 17.5 Å². The van der Waals surface area contributed by atoms with Crippen LogP contribution in [-0.2, 0) is 4.74 Å². The molecule has 0 aliphatic rings. The topological polar surface area (TPSA) is 81.5 Å². The second-order valence-electron chi connectivity index (χ2n) is 5.50. The van der Waals surface area contributed by atoms with Gasteiger partial charge in [-0.3, -0.25) is 10.1 Å². The van der Waals surface area contributed by atoms with Gasteiger partial charge in [0.05, 0.1) is 17.1 Å². The Balaban J connectivity index is 1.97. The van der Waals surface area contributed by atoms with Crippen LogP contribution in [0, 0.1) is 16.0 Å². The Labute approximate surface area is 144 Å². The van der Waals surface area contributed by atoms with Crippen molar-refractivity contribution in [3.8, 4) is 0 Å². The van der Waals surface area contributed by atoms with Crippen LogP contribution in [0.15, 0.2) is 53.4 Å². The number of carbonyl (C=O) groups is 1. The molecule has 0 aliphatic carbocycles. The number of nitro groups is 1. The quantitative estimate of drug-likeness (QED) is 0.343. The maximum absolute atomic E-state index is 11.8. The minimum Gasteiger partial charge on any atom is -0.462 e. The minimum absolute atomic E-state index is 0.0453. The van der Waals surface area contributed by atoms with Crippen LogP contribution >= 0.6 is 11.9 Å². The minimum atomic E-state index is -0.419. The molecule has 0 saturated carbocycles. The van der Waals surface area contributed by atoms with Crippen molar-refractivity contribution in [1.82, 2.24) is 0 Å². The number of nitrogens with one attached hydrogen (secondary N) is 1. The third-order valence-electron chi connectivity index (χ3n) is 3.01. The number of esters is 1. The molecule has 2 rings (SSSR count). The third kappa shape index (κ3) is 4.99. The second kappa shape index (κ2) is 8.35. The molecule has 0 aliphatic heterocycles. The Morgan fingerprint density at radius 2 is 1.88 bits per heavy atom. The lowest BCUT2D eigenvalue weighted by Crippen LogP contribution is -2.10. The lowest BCUT2D eigenvalue weighted by Gasteiger charge is -2.08. The van der Waals surface area contributed by atoms with Gasteiger partial charge in [-0.1, -0.05) is 26.0 Å². The highest BCUT2D eigenvalue weighted by Crippen LogP contribution is 2.29. The molecule has 1 N–H and O–H groups in total. The zero-order valence-corrected chi connectivity index (χ0v) is 14.2. The van der Waals surface area contributed by atoms with Gasteiger partial charge < -0.3 is 9.46 Å². The lowest BCUT2D eigenvalue weighted by atomic mass is 10.2. The number of carbonyl (C=O) groups excluding carboxylic acids is 1. The molecule has 2 aromatic carbocycles. The molecular formula is C17H18N2O4S. The fraction of sp³-hybridized carbons (Fsp3) is 0.235. The van der Waals surface area contributed by atoms with Crippen LogP contribution in [0.25, 0.3) is 0 Å². The van der Waals surface area contributed by atoms with E-state index in [2.05, 4.69) is 4.72 Å². The standard InChI is InChI=1S/C17H18N2O4S/c1-12(2)11-23-17(20)13-7-9-14(10-8-13)18-24-16-6-4-3-5-15(16)19(21)22/h3-10,12,18H,11H2,1-2H3. The Morgan fingerprint density at radius 1 is 1.21 bits per heavy atom. The molecule has 0 bridgehead atoms. The SMILES string of the molecule is CC(C)COC(=O)c1ccc(NSc2ccccc2[N+](=O)[O-])cc1. The predicted molar refractivity (Wildman–Crippen MR) is 94.1 cm³/mol. The van der Waals surface area contributed by atoms with Crippen molar-refractivity contribution in [3.63, 3.8) is 0 Å². The van der Waals surface area contributed by atoms with Crippen molar-refractivity contribution >= 4 is 29.3 Å². The van der Waals surface area contributed by atoms with Gasteiger partial charge in [-0.05, 0) is 48.2 Å². The maximum Gasteiger partial charge on any atom is 0.338 e.